The molecular formula is C34H37F3N2O. The van der Waals surface area contributed by atoms with E-state index in [4.69, 9.17) is 16.2 Å². The Labute approximate surface area is 235 Å². The fraction of sp³-hybridized carbons (Fsp3) is 0.294. The van der Waals surface area contributed by atoms with Crippen molar-refractivity contribution in [2.45, 2.75) is 55.8 Å². The maximum Gasteiger partial charge on any atom is 0.416 e. The minimum Gasteiger partial charge on any atom is -0.497 e. The monoisotopic (exact) mass is 546 g/mol. The zero-order chi connectivity index (χ0) is 29.0. The number of benzene rings is 4. The molecule has 0 saturated heterocycles. The molecule has 0 aliphatic heterocycles. The van der Waals surface area contributed by atoms with E-state index in [-0.39, 0.29) is 0 Å². The standard InChI is InChI=1S/C34H37F3N2O/c1-31(38,22-25-10-6-4-7-11-25)24-33(27-12-8-5-9-13-27,28-16-18-29(19-17-28)34(35,36)37)32(2,39)23-26-14-20-30(40-3)21-15-26/h4-21H,22-24,38-39H2,1-3H3. The summed E-state index contributed by atoms with van der Waals surface area (Å²) in [5.41, 5.74) is 14.8. The molecule has 0 aliphatic carbocycles. The number of nitrogens with two attached hydrogens (primary N) is 2. The minimum atomic E-state index is -4.45. The van der Waals surface area contributed by atoms with Gasteiger partial charge >= 0.3 is 6.18 Å². The van der Waals surface area contributed by atoms with Crippen LogP contribution in [0.4, 0.5) is 13.2 Å². The molecule has 210 valence electrons. The van der Waals surface area contributed by atoms with E-state index in [1.165, 1.54) is 0 Å². The average molecular weight is 547 g/mol. The van der Waals surface area contributed by atoms with E-state index >= 15 is 0 Å². The molecule has 0 fully saturated rings. The van der Waals surface area contributed by atoms with Crippen molar-refractivity contribution in [3.05, 3.63) is 137 Å². The second-order valence-electron chi connectivity index (χ2n) is 11.3. The molecule has 0 bridgehead atoms. The van der Waals surface area contributed by atoms with Crippen LogP contribution in [0.3, 0.4) is 0 Å². The summed E-state index contributed by atoms with van der Waals surface area (Å²) in [5, 5.41) is 0. The summed E-state index contributed by atoms with van der Waals surface area (Å²) in [6.45, 7) is 3.96. The number of hydrogen-bond acceptors (Lipinski definition) is 3. The second-order valence-corrected chi connectivity index (χ2v) is 11.3. The third-order valence-corrected chi connectivity index (χ3v) is 7.80. The van der Waals surface area contributed by atoms with Gasteiger partial charge < -0.3 is 16.2 Å². The van der Waals surface area contributed by atoms with Gasteiger partial charge in [-0.1, -0.05) is 84.9 Å². The third kappa shape index (κ3) is 6.40. The highest BCUT2D eigenvalue weighted by Gasteiger charge is 2.51. The van der Waals surface area contributed by atoms with Crippen molar-refractivity contribution in [1.29, 1.82) is 0 Å². The lowest BCUT2D eigenvalue weighted by Crippen LogP contribution is -2.62. The van der Waals surface area contributed by atoms with Crippen molar-refractivity contribution >= 4 is 0 Å². The lowest BCUT2D eigenvalue weighted by molar-refractivity contribution is -0.137. The molecule has 3 unspecified atom stereocenters. The van der Waals surface area contributed by atoms with Crippen LogP contribution in [0.1, 0.15) is 48.1 Å². The maximum absolute atomic E-state index is 13.6. The molecule has 0 heterocycles. The third-order valence-electron chi connectivity index (χ3n) is 7.80. The number of halogens is 3. The number of alkyl halides is 3. The fourth-order valence-corrected chi connectivity index (χ4v) is 5.95. The largest absolute Gasteiger partial charge is 0.497 e. The van der Waals surface area contributed by atoms with Crippen molar-refractivity contribution in [3.8, 4) is 5.75 Å². The van der Waals surface area contributed by atoms with E-state index in [0.717, 1.165) is 34.6 Å². The molecule has 4 N–H and O–H groups in total. The maximum atomic E-state index is 13.6. The van der Waals surface area contributed by atoms with E-state index < -0.39 is 28.2 Å². The van der Waals surface area contributed by atoms with Crippen molar-refractivity contribution in [2.24, 2.45) is 11.5 Å². The molecule has 0 aliphatic rings. The lowest BCUT2D eigenvalue weighted by atomic mass is 9.56. The van der Waals surface area contributed by atoms with Gasteiger partial charge in [0.2, 0.25) is 0 Å². The predicted molar refractivity (Wildman–Crippen MR) is 155 cm³/mol. The molecule has 40 heavy (non-hydrogen) atoms. The Morgan fingerprint density at radius 1 is 0.600 bits per heavy atom. The van der Waals surface area contributed by atoms with Crippen LogP contribution in [0.5, 0.6) is 5.75 Å². The van der Waals surface area contributed by atoms with Gasteiger partial charge in [-0.15, -0.1) is 0 Å². The first-order valence-electron chi connectivity index (χ1n) is 13.3. The highest BCUT2D eigenvalue weighted by Crippen LogP contribution is 2.48. The molecule has 0 aromatic heterocycles. The van der Waals surface area contributed by atoms with Gasteiger partial charge in [-0.2, -0.15) is 13.2 Å². The van der Waals surface area contributed by atoms with E-state index in [1.807, 2.05) is 98.8 Å². The Balaban J connectivity index is 1.91. The summed E-state index contributed by atoms with van der Waals surface area (Å²) < 4.78 is 46.1. The second kappa shape index (κ2) is 11.5. The van der Waals surface area contributed by atoms with Gasteiger partial charge in [0.25, 0.3) is 0 Å². The molecule has 4 rings (SSSR count). The van der Waals surface area contributed by atoms with Crippen molar-refractivity contribution in [1.82, 2.24) is 0 Å². The highest BCUT2D eigenvalue weighted by molar-refractivity contribution is 5.47. The molecule has 0 radical (unpaired) electrons. The topological polar surface area (TPSA) is 61.3 Å². The SMILES string of the molecule is COc1ccc(CC(C)(N)C(CC(C)(N)Cc2ccccc2)(c2ccccc2)c2ccc(C(F)(F)F)cc2)cc1. The van der Waals surface area contributed by atoms with E-state index in [1.54, 1.807) is 19.2 Å². The highest BCUT2D eigenvalue weighted by atomic mass is 19.4. The lowest BCUT2D eigenvalue weighted by Gasteiger charge is -2.51. The number of hydrogen-bond donors (Lipinski definition) is 2. The van der Waals surface area contributed by atoms with Gasteiger partial charge in [-0.25, -0.2) is 0 Å². The Kier molecular flexibility index (Phi) is 8.43. The summed E-state index contributed by atoms with van der Waals surface area (Å²) >= 11 is 0. The summed E-state index contributed by atoms with van der Waals surface area (Å²) in [5.74, 6) is 0.733. The zero-order valence-corrected chi connectivity index (χ0v) is 23.2. The number of ether oxygens (including phenoxy) is 1. The Morgan fingerprint density at radius 3 is 1.60 bits per heavy atom. The first-order chi connectivity index (χ1) is 18.9. The van der Waals surface area contributed by atoms with Crippen LogP contribution < -0.4 is 16.2 Å². The molecule has 0 spiro atoms. The molecular weight excluding hydrogens is 509 g/mol. The van der Waals surface area contributed by atoms with Crippen LogP contribution in [0, 0.1) is 0 Å². The number of methoxy groups -OCH3 is 1. The van der Waals surface area contributed by atoms with Crippen LogP contribution in [0.25, 0.3) is 0 Å². The van der Waals surface area contributed by atoms with Gasteiger partial charge in [-0.05, 0) is 79.6 Å². The Bertz CT molecular complexity index is 1370. The van der Waals surface area contributed by atoms with Gasteiger partial charge in [0.05, 0.1) is 12.7 Å². The van der Waals surface area contributed by atoms with Crippen LogP contribution in [-0.2, 0) is 24.4 Å². The smallest absolute Gasteiger partial charge is 0.416 e. The Hall–Kier alpha value is -3.61. The van der Waals surface area contributed by atoms with E-state index in [9.17, 15) is 13.2 Å². The summed E-state index contributed by atoms with van der Waals surface area (Å²) in [6, 6.07) is 32.9. The molecule has 4 aromatic carbocycles. The molecule has 0 saturated carbocycles. The van der Waals surface area contributed by atoms with Gasteiger partial charge in [-0.3, -0.25) is 0 Å². The Morgan fingerprint density at radius 2 is 1.07 bits per heavy atom. The van der Waals surface area contributed by atoms with Crippen LogP contribution in [0.2, 0.25) is 0 Å². The predicted octanol–water partition coefficient (Wildman–Crippen LogP) is 7.31. The van der Waals surface area contributed by atoms with E-state index in [2.05, 4.69) is 0 Å². The van der Waals surface area contributed by atoms with E-state index in [0.29, 0.717) is 24.8 Å². The average Bonchev–Trinajstić information content (AvgIpc) is 2.92. The normalized spacial score (nSPS) is 16.4. The quantitative estimate of drug-likeness (QED) is 0.219. The first kappa shape index (κ1) is 29.4. The molecule has 6 heteroatoms. The van der Waals surface area contributed by atoms with Gasteiger partial charge in [0.1, 0.15) is 5.75 Å². The van der Waals surface area contributed by atoms with Crippen molar-refractivity contribution < 1.29 is 17.9 Å². The van der Waals surface area contributed by atoms with Crippen LogP contribution in [-0.4, -0.2) is 18.2 Å². The molecule has 3 atom stereocenters. The zero-order valence-electron chi connectivity index (χ0n) is 23.2. The van der Waals surface area contributed by atoms with Crippen molar-refractivity contribution in [3.63, 3.8) is 0 Å². The van der Waals surface area contributed by atoms with Crippen molar-refractivity contribution in [2.75, 3.05) is 7.11 Å². The minimum absolute atomic E-state index is 0.396. The van der Waals surface area contributed by atoms with Crippen LogP contribution >= 0.6 is 0 Å². The summed E-state index contributed by atoms with van der Waals surface area (Å²) in [7, 11) is 1.61. The van der Waals surface area contributed by atoms with Gasteiger partial charge in [0.15, 0.2) is 0 Å². The molecule has 3 nitrogen and oxygen atoms in total. The molecule has 4 aromatic rings. The number of rotatable bonds is 10. The van der Waals surface area contributed by atoms with Gasteiger partial charge in [0, 0.05) is 16.5 Å². The molecule has 0 amide bonds. The summed E-state index contributed by atoms with van der Waals surface area (Å²) in [6.07, 6.45) is -3.03. The first-order valence-corrected chi connectivity index (χ1v) is 13.3. The summed E-state index contributed by atoms with van der Waals surface area (Å²) in [4.78, 5) is 0. The van der Waals surface area contributed by atoms with Crippen LogP contribution in [0.15, 0.2) is 109 Å². The fourth-order valence-electron chi connectivity index (χ4n) is 5.95.